The Morgan fingerprint density at radius 3 is 2.41 bits per heavy atom. The van der Waals surface area contributed by atoms with E-state index in [1.54, 1.807) is 7.11 Å². The van der Waals surface area contributed by atoms with E-state index in [1.165, 1.54) is 6.33 Å². The molecule has 44 heavy (non-hydrogen) atoms. The van der Waals surface area contributed by atoms with Crippen molar-refractivity contribution in [2.45, 2.75) is 58.0 Å². The number of methoxy groups -OCH3 is 1. The van der Waals surface area contributed by atoms with Gasteiger partial charge in [-0.05, 0) is 56.8 Å². The van der Waals surface area contributed by atoms with Crippen LogP contribution in [-0.2, 0) is 11.2 Å². The summed E-state index contributed by atoms with van der Waals surface area (Å²) >= 11 is 0. The molecule has 0 radical (unpaired) electrons. The fourth-order valence-electron chi connectivity index (χ4n) is 6.73. The van der Waals surface area contributed by atoms with Gasteiger partial charge in [0.2, 0.25) is 5.91 Å². The van der Waals surface area contributed by atoms with Gasteiger partial charge in [-0.1, -0.05) is 50.2 Å². The lowest BCUT2D eigenvalue weighted by Gasteiger charge is -2.41. The summed E-state index contributed by atoms with van der Waals surface area (Å²) in [7, 11) is 3.81. The maximum atomic E-state index is 13.4. The van der Waals surface area contributed by atoms with Gasteiger partial charge in [0, 0.05) is 43.2 Å². The van der Waals surface area contributed by atoms with E-state index in [4.69, 9.17) is 15.6 Å². The molecule has 2 fully saturated rings. The Labute approximate surface area is 259 Å². The van der Waals surface area contributed by atoms with Gasteiger partial charge in [-0.3, -0.25) is 9.69 Å². The minimum Gasteiger partial charge on any atom is -0.495 e. The van der Waals surface area contributed by atoms with Crippen LogP contribution in [0.1, 0.15) is 51.1 Å². The first kappa shape index (κ1) is 30.0. The molecule has 10 heteroatoms. The number of hydrogen-bond acceptors (Lipinski definition) is 8. The Morgan fingerprint density at radius 1 is 1.00 bits per heavy atom. The first-order valence-electron chi connectivity index (χ1n) is 15.7. The molecule has 10 nitrogen and oxygen atoms in total. The molecule has 232 valence electrons. The molecule has 3 heterocycles. The molecule has 1 saturated carbocycles. The van der Waals surface area contributed by atoms with Crippen molar-refractivity contribution in [3.63, 3.8) is 0 Å². The molecule has 4 aromatic rings. The van der Waals surface area contributed by atoms with E-state index in [0.29, 0.717) is 29.7 Å². The maximum absolute atomic E-state index is 13.4. The van der Waals surface area contributed by atoms with E-state index in [0.717, 1.165) is 79.7 Å². The van der Waals surface area contributed by atoms with E-state index in [9.17, 15) is 4.79 Å². The Morgan fingerprint density at radius 2 is 1.70 bits per heavy atom. The largest absolute Gasteiger partial charge is 0.495 e. The highest BCUT2D eigenvalue weighted by atomic mass is 16.5. The minimum atomic E-state index is -0.616. The molecule has 0 bridgehead atoms. The number of ether oxygens (including phenoxy) is 1. The van der Waals surface area contributed by atoms with Crippen LogP contribution >= 0.6 is 0 Å². The standard InChI is InChI=1S/C34H44N8O2/c1-34(2,21-23-8-6-5-7-9-23)33(43)38-27-15-10-24(20-28(27)44-4)30-29-31(35)36-22-37-32(29)42(39-30)26-13-11-25(12-14-26)41-18-16-40(3)17-19-41/h5-10,15,20,22,25-26H,11-14,16-19,21H2,1-4H3,(H,38,43)(H2,35,36,37). The summed E-state index contributed by atoms with van der Waals surface area (Å²) in [6.45, 7) is 8.48. The zero-order valence-corrected chi connectivity index (χ0v) is 26.3. The molecular formula is C34H44N8O2. The van der Waals surface area contributed by atoms with Crippen molar-refractivity contribution in [1.82, 2.24) is 29.5 Å². The summed E-state index contributed by atoms with van der Waals surface area (Å²) in [5.41, 5.74) is 9.86. The quantitative estimate of drug-likeness (QED) is 0.291. The number of rotatable bonds is 8. The number of carbonyl (C=O) groups excluding carboxylic acids is 1. The van der Waals surface area contributed by atoms with Crippen LogP contribution in [0.2, 0.25) is 0 Å². The second-order valence-corrected chi connectivity index (χ2v) is 13.0. The predicted octanol–water partition coefficient (Wildman–Crippen LogP) is 5.02. The van der Waals surface area contributed by atoms with Crippen molar-refractivity contribution in [2.75, 3.05) is 51.4 Å². The van der Waals surface area contributed by atoms with Crippen molar-refractivity contribution in [3.05, 3.63) is 60.4 Å². The van der Waals surface area contributed by atoms with E-state index in [1.807, 2.05) is 62.4 Å². The third-order valence-corrected chi connectivity index (χ3v) is 9.41. The number of nitrogens with zero attached hydrogens (tertiary/aromatic N) is 6. The van der Waals surface area contributed by atoms with Crippen LogP contribution in [0.4, 0.5) is 11.5 Å². The van der Waals surface area contributed by atoms with Crippen molar-refractivity contribution in [3.8, 4) is 17.0 Å². The number of likely N-dealkylation sites (N-methyl/N-ethyl adjacent to an activating group) is 1. The first-order valence-corrected chi connectivity index (χ1v) is 15.7. The van der Waals surface area contributed by atoms with Crippen molar-refractivity contribution >= 4 is 28.4 Å². The highest BCUT2D eigenvalue weighted by Gasteiger charge is 2.32. The smallest absolute Gasteiger partial charge is 0.230 e. The van der Waals surface area contributed by atoms with Crippen LogP contribution in [-0.4, -0.2) is 81.8 Å². The fourth-order valence-corrected chi connectivity index (χ4v) is 6.73. The van der Waals surface area contributed by atoms with Crippen LogP contribution in [0.3, 0.4) is 0 Å². The van der Waals surface area contributed by atoms with Crippen LogP contribution in [0.5, 0.6) is 5.75 Å². The molecule has 2 aromatic heterocycles. The lowest BCUT2D eigenvalue weighted by molar-refractivity contribution is -0.123. The highest BCUT2D eigenvalue weighted by Crippen LogP contribution is 2.39. The molecular weight excluding hydrogens is 552 g/mol. The molecule has 1 amide bonds. The van der Waals surface area contributed by atoms with Gasteiger partial charge < -0.3 is 20.7 Å². The summed E-state index contributed by atoms with van der Waals surface area (Å²) in [4.78, 5) is 27.4. The third-order valence-electron chi connectivity index (χ3n) is 9.41. The van der Waals surface area contributed by atoms with Gasteiger partial charge >= 0.3 is 0 Å². The lowest BCUT2D eigenvalue weighted by atomic mass is 9.84. The number of nitrogens with one attached hydrogen (secondary N) is 1. The number of nitrogen functional groups attached to an aromatic ring is 1. The van der Waals surface area contributed by atoms with E-state index in [2.05, 4.69) is 36.8 Å². The number of nitrogens with two attached hydrogens (primary N) is 1. The average Bonchev–Trinajstić information content (AvgIpc) is 3.43. The number of amides is 1. The van der Waals surface area contributed by atoms with Gasteiger partial charge in [-0.25, -0.2) is 14.6 Å². The van der Waals surface area contributed by atoms with Gasteiger partial charge in [0.05, 0.1) is 24.2 Å². The number of benzene rings is 2. The molecule has 2 aliphatic rings. The molecule has 0 spiro atoms. The highest BCUT2D eigenvalue weighted by molar-refractivity contribution is 6.00. The Balaban J connectivity index is 1.23. The van der Waals surface area contributed by atoms with Crippen molar-refractivity contribution < 1.29 is 9.53 Å². The van der Waals surface area contributed by atoms with Crippen molar-refractivity contribution in [1.29, 1.82) is 0 Å². The van der Waals surface area contributed by atoms with Crippen molar-refractivity contribution in [2.24, 2.45) is 5.41 Å². The minimum absolute atomic E-state index is 0.0769. The Hall–Kier alpha value is -4.02. The SMILES string of the molecule is COc1cc(-c2nn(C3CCC(N4CCN(C)CC4)CC3)c3ncnc(N)c23)ccc1NC(=O)C(C)(C)Cc1ccccc1. The second kappa shape index (κ2) is 12.5. The predicted molar refractivity (Wildman–Crippen MR) is 175 cm³/mol. The molecule has 0 atom stereocenters. The number of piperazine rings is 1. The summed E-state index contributed by atoms with van der Waals surface area (Å²) in [6, 6.07) is 16.7. The Kier molecular flexibility index (Phi) is 8.55. The normalized spacial score (nSPS) is 20.1. The molecule has 1 aliphatic heterocycles. The topological polar surface area (TPSA) is 114 Å². The van der Waals surface area contributed by atoms with Gasteiger partial charge in [-0.15, -0.1) is 0 Å². The first-order chi connectivity index (χ1) is 21.2. The second-order valence-electron chi connectivity index (χ2n) is 13.0. The number of aromatic nitrogens is 4. The Bertz CT molecular complexity index is 1600. The number of anilines is 2. The van der Waals surface area contributed by atoms with E-state index in [-0.39, 0.29) is 11.9 Å². The number of hydrogen-bond donors (Lipinski definition) is 2. The summed E-state index contributed by atoms with van der Waals surface area (Å²) in [5.74, 6) is 0.880. The number of fused-ring (bicyclic) bond motifs is 1. The third kappa shape index (κ3) is 6.14. The monoisotopic (exact) mass is 596 g/mol. The summed E-state index contributed by atoms with van der Waals surface area (Å²) < 4.78 is 7.83. The summed E-state index contributed by atoms with van der Waals surface area (Å²) in [5, 5.41) is 8.96. The molecule has 6 rings (SSSR count). The molecule has 3 N–H and O–H groups in total. The van der Waals surface area contributed by atoms with Crippen LogP contribution in [0.25, 0.3) is 22.3 Å². The van der Waals surface area contributed by atoms with Crippen LogP contribution < -0.4 is 15.8 Å². The average molecular weight is 597 g/mol. The van der Waals surface area contributed by atoms with Gasteiger partial charge in [0.15, 0.2) is 5.65 Å². The van der Waals surface area contributed by atoms with Gasteiger partial charge in [0.1, 0.15) is 23.6 Å². The van der Waals surface area contributed by atoms with Gasteiger partial charge in [0.25, 0.3) is 0 Å². The van der Waals surface area contributed by atoms with Gasteiger partial charge in [-0.2, -0.15) is 5.10 Å². The lowest BCUT2D eigenvalue weighted by Crippen LogP contribution is -2.49. The zero-order valence-electron chi connectivity index (χ0n) is 26.3. The fraction of sp³-hybridized carbons (Fsp3) is 0.471. The van der Waals surface area contributed by atoms with Crippen LogP contribution in [0.15, 0.2) is 54.9 Å². The molecule has 1 saturated heterocycles. The zero-order chi connectivity index (χ0) is 30.8. The maximum Gasteiger partial charge on any atom is 0.230 e. The molecule has 0 unspecified atom stereocenters. The molecule has 2 aromatic carbocycles. The summed E-state index contributed by atoms with van der Waals surface area (Å²) in [6.07, 6.45) is 6.53. The molecule has 1 aliphatic carbocycles. The van der Waals surface area contributed by atoms with E-state index < -0.39 is 5.41 Å². The number of carbonyl (C=O) groups is 1. The van der Waals surface area contributed by atoms with Crippen LogP contribution in [0, 0.1) is 5.41 Å². The van der Waals surface area contributed by atoms with E-state index >= 15 is 0 Å².